The fraction of sp³-hybridized carbons (Fsp3) is 0.381. The third-order valence-electron chi connectivity index (χ3n) is 4.70. The van der Waals surface area contributed by atoms with Crippen molar-refractivity contribution in [2.24, 2.45) is 10.7 Å². The van der Waals surface area contributed by atoms with Gasteiger partial charge >= 0.3 is 12.7 Å². The summed E-state index contributed by atoms with van der Waals surface area (Å²) in [4.78, 5) is 20.4. The molecule has 32 heavy (non-hydrogen) atoms. The van der Waals surface area contributed by atoms with Gasteiger partial charge in [-0.1, -0.05) is 0 Å². The van der Waals surface area contributed by atoms with Crippen molar-refractivity contribution in [3.63, 3.8) is 0 Å². The molecule has 0 bridgehead atoms. The quantitative estimate of drug-likeness (QED) is 0.704. The highest BCUT2D eigenvalue weighted by molar-refractivity contribution is 5.86. The molecule has 0 spiro atoms. The minimum absolute atomic E-state index is 0.128. The van der Waals surface area contributed by atoms with E-state index in [0.717, 1.165) is 6.20 Å². The number of halogens is 3. The Balaban J connectivity index is 1.77. The van der Waals surface area contributed by atoms with E-state index in [1.807, 2.05) is 13.8 Å². The highest BCUT2D eigenvalue weighted by atomic mass is 19.3. The first-order chi connectivity index (χ1) is 15.0. The van der Waals surface area contributed by atoms with Crippen LogP contribution in [0.3, 0.4) is 0 Å². The molecule has 2 aromatic rings. The number of benzene rings is 1. The first kappa shape index (κ1) is 23.3. The van der Waals surface area contributed by atoms with Gasteiger partial charge in [0.2, 0.25) is 5.88 Å². The van der Waals surface area contributed by atoms with Crippen molar-refractivity contribution in [3.05, 3.63) is 47.9 Å². The van der Waals surface area contributed by atoms with Crippen LogP contribution in [0.2, 0.25) is 0 Å². The smallest absolute Gasteiger partial charge is 0.418 e. The van der Waals surface area contributed by atoms with E-state index in [-0.39, 0.29) is 35.3 Å². The Morgan fingerprint density at radius 1 is 1.25 bits per heavy atom. The van der Waals surface area contributed by atoms with Gasteiger partial charge in [0.05, 0.1) is 17.3 Å². The number of hydrogen-bond donors (Lipinski definition) is 2. The van der Waals surface area contributed by atoms with Gasteiger partial charge < -0.3 is 19.9 Å². The van der Waals surface area contributed by atoms with Gasteiger partial charge in [0, 0.05) is 23.7 Å². The number of hydrogen-bond acceptors (Lipinski definition) is 7. The molecule has 0 aliphatic carbocycles. The number of amidine groups is 1. The van der Waals surface area contributed by atoms with Crippen LogP contribution < -0.4 is 20.5 Å². The maximum Gasteiger partial charge on any atom is 0.418 e. The van der Waals surface area contributed by atoms with Crippen molar-refractivity contribution in [2.45, 2.75) is 44.9 Å². The lowest BCUT2D eigenvalue weighted by Crippen LogP contribution is -2.33. The van der Waals surface area contributed by atoms with Crippen molar-refractivity contribution in [1.29, 1.82) is 0 Å². The minimum Gasteiger partial charge on any atom is -0.433 e. The van der Waals surface area contributed by atoms with Crippen molar-refractivity contribution in [1.82, 2.24) is 4.98 Å². The molecule has 0 radical (unpaired) electrons. The number of aliphatic imine (C=N–C) groups is 1. The number of aromatic nitrogens is 1. The molecular formula is C21H23F3N4O4. The summed E-state index contributed by atoms with van der Waals surface area (Å²) in [6.07, 6.45) is 0.433. The summed E-state index contributed by atoms with van der Waals surface area (Å²) in [6.45, 7) is 2.60. The molecule has 2 heterocycles. The second-order valence-corrected chi connectivity index (χ2v) is 8.02. The second-order valence-electron chi connectivity index (χ2n) is 8.02. The Bertz CT molecular complexity index is 1010. The van der Waals surface area contributed by atoms with Crippen LogP contribution >= 0.6 is 0 Å². The summed E-state index contributed by atoms with van der Waals surface area (Å²) in [5.41, 5.74) is 4.75. The van der Waals surface area contributed by atoms with Crippen molar-refractivity contribution < 1.29 is 32.2 Å². The lowest BCUT2D eigenvalue weighted by molar-refractivity contribution is -0.0501. The van der Waals surface area contributed by atoms with Crippen LogP contribution in [0.1, 0.15) is 32.8 Å². The molecule has 0 saturated heterocycles. The molecule has 3 rings (SSSR count). The van der Waals surface area contributed by atoms with Crippen molar-refractivity contribution >= 4 is 17.6 Å². The number of rotatable bonds is 5. The number of ether oxygens (including phenoxy) is 3. The largest absolute Gasteiger partial charge is 0.433 e. The minimum atomic E-state index is -2.99. The molecule has 1 aliphatic rings. The topological polar surface area (TPSA) is 108 Å². The molecule has 1 amide bonds. The Morgan fingerprint density at radius 2 is 2.00 bits per heavy atom. The Hall–Kier alpha value is -3.34. The van der Waals surface area contributed by atoms with E-state index in [4.69, 9.17) is 15.2 Å². The van der Waals surface area contributed by atoms with Crippen LogP contribution in [0.5, 0.6) is 11.6 Å². The number of amides is 1. The highest BCUT2D eigenvalue weighted by Gasteiger charge is 2.39. The predicted octanol–water partition coefficient (Wildman–Crippen LogP) is 4.20. The molecule has 0 saturated carbocycles. The number of nitrogens with zero attached hydrogens (tertiary/aromatic N) is 2. The Morgan fingerprint density at radius 3 is 2.66 bits per heavy atom. The van der Waals surface area contributed by atoms with Gasteiger partial charge in [0.1, 0.15) is 24.0 Å². The lowest BCUT2D eigenvalue weighted by Gasteiger charge is -2.33. The second kappa shape index (κ2) is 9.03. The average molecular weight is 452 g/mol. The summed E-state index contributed by atoms with van der Waals surface area (Å²) in [6, 6.07) is 6.38. The van der Waals surface area contributed by atoms with Gasteiger partial charge in [0.25, 0.3) is 0 Å². The molecule has 1 aromatic heterocycles. The number of nitrogens with two attached hydrogens (primary N) is 1. The summed E-state index contributed by atoms with van der Waals surface area (Å²) in [5.74, 6) is -0.602. The zero-order valence-electron chi connectivity index (χ0n) is 17.7. The molecule has 0 fully saturated rings. The van der Waals surface area contributed by atoms with Crippen LogP contribution in [0, 0.1) is 5.82 Å². The van der Waals surface area contributed by atoms with Gasteiger partial charge in [-0.2, -0.15) is 8.78 Å². The van der Waals surface area contributed by atoms with Gasteiger partial charge in [0.15, 0.2) is 0 Å². The molecule has 0 unspecified atom stereocenters. The Kier molecular flexibility index (Phi) is 6.58. The molecule has 11 heteroatoms. The summed E-state index contributed by atoms with van der Waals surface area (Å²) in [7, 11) is 0. The number of carbonyl (C=O) groups excluding carboxylic acids is 1. The number of pyridine rings is 1. The van der Waals surface area contributed by atoms with Crippen LogP contribution in [0.4, 0.5) is 23.7 Å². The third kappa shape index (κ3) is 5.88. The number of nitrogens with one attached hydrogen (secondary N) is 1. The van der Waals surface area contributed by atoms with Crippen LogP contribution in [-0.4, -0.2) is 35.7 Å². The van der Waals surface area contributed by atoms with Gasteiger partial charge in [-0.25, -0.2) is 14.2 Å². The first-order valence-electron chi connectivity index (χ1n) is 9.64. The standard InChI is InChI=1S/C21H23F3N4O4/c1-20(2)11-21(3,28-16(25)10-30-20)14-8-12(4-6-15(14)22)27-19(29)32-17-7-5-13(9-26-17)31-18(23)24/h4-9,18H,10-11H2,1-3H3,(H2,25,28)(H,27,29)/t21-/m0/s1. The van der Waals surface area contributed by atoms with Crippen molar-refractivity contribution in [2.75, 3.05) is 11.9 Å². The van der Waals surface area contributed by atoms with E-state index in [1.165, 1.54) is 30.3 Å². The number of alkyl halides is 2. The number of carbonyl (C=O) groups is 1. The predicted molar refractivity (Wildman–Crippen MR) is 111 cm³/mol. The summed E-state index contributed by atoms with van der Waals surface area (Å²) in [5, 5.41) is 2.48. The molecule has 1 aliphatic heterocycles. The fourth-order valence-electron chi connectivity index (χ4n) is 3.55. The van der Waals surface area contributed by atoms with E-state index >= 15 is 0 Å². The third-order valence-corrected chi connectivity index (χ3v) is 4.70. The first-order valence-corrected chi connectivity index (χ1v) is 9.64. The SMILES string of the molecule is CC1(C)C[C@@](C)(c2cc(NC(=O)Oc3ccc(OC(F)F)cn3)ccc2F)N=C(N)CO1. The average Bonchev–Trinajstić information content (AvgIpc) is 2.79. The molecular weight excluding hydrogens is 429 g/mol. The fourth-order valence-corrected chi connectivity index (χ4v) is 3.55. The van der Waals surface area contributed by atoms with E-state index in [9.17, 15) is 18.0 Å². The highest BCUT2D eigenvalue weighted by Crippen LogP contribution is 2.39. The van der Waals surface area contributed by atoms with E-state index in [0.29, 0.717) is 6.42 Å². The van der Waals surface area contributed by atoms with Crippen LogP contribution in [0.15, 0.2) is 41.5 Å². The van der Waals surface area contributed by atoms with Gasteiger partial charge in [-0.3, -0.25) is 10.3 Å². The van der Waals surface area contributed by atoms with E-state index < -0.39 is 29.7 Å². The number of anilines is 1. The Labute approximate surface area is 182 Å². The van der Waals surface area contributed by atoms with Crippen LogP contribution in [0.25, 0.3) is 0 Å². The maximum absolute atomic E-state index is 14.8. The molecule has 172 valence electrons. The summed E-state index contributed by atoms with van der Waals surface area (Å²) < 4.78 is 54.1. The lowest BCUT2D eigenvalue weighted by atomic mass is 9.82. The van der Waals surface area contributed by atoms with E-state index in [2.05, 4.69) is 20.0 Å². The van der Waals surface area contributed by atoms with E-state index in [1.54, 1.807) is 6.92 Å². The van der Waals surface area contributed by atoms with Gasteiger partial charge in [-0.05, 0) is 45.0 Å². The monoisotopic (exact) mass is 452 g/mol. The van der Waals surface area contributed by atoms with Gasteiger partial charge in [-0.15, -0.1) is 0 Å². The molecule has 1 atom stereocenters. The zero-order valence-corrected chi connectivity index (χ0v) is 17.7. The zero-order chi connectivity index (χ0) is 23.5. The summed E-state index contributed by atoms with van der Waals surface area (Å²) >= 11 is 0. The normalized spacial score (nSPS) is 20.3. The van der Waals surface area contributed by atoms with Crippen molar-refractivity contribution in [3.8, 4) is 11.6 Å². The van der Waals surface area contributed by atoms with Crippen LogP contribution in [-0.2, 0) is 10.3 Å². The maximum atomic E-state index is 14.8. The molecule has 8 nitrogen and oxygen atoms in total. The molecule has 1 aromatic carbocycles. The molecule has 3 N–H and O–H groups in total.